The van der Waals surface area contributed by atoms with Gasteiger partial charge in [-0.15, -0.1) is 24.8 Å². The summed E-state index contributed by atoms with van der Waals surface area (Å²) in [6.45, 7) is 6.16. The van der Waals surface area contributed by atoms with Crippen LogP contribution in [-0.4, -0.2) is 46.5 Å². The molecule has 1 N–H and O–H groups in total. The predicted molar refractivity (Wildman–Crippen MR) is 106 cm³/mol. The van der Waals surface area contributed by atoms with E-state index in [4.69, 9.17) is 0 Å². The zero-order chi connectivity index (χ0) is 16.1. The average molecular weight is 391 g/mol. The summed E-state index contributed by atoms with van der Waals surface area (Å²) in [5.74, 6) is 2.23. The van der Waals surface area contributed by atoms with Gasteiger partial charge in [0.1, 0.15) is 5.82 Å². The highest BCUT2D eigenvalue weighted by Crippen LogP contribution is 2.25. The van der Waals surface area contributed by atoms with Gasteiger partial charge >= 0.3 is 0 Å². The van der Waals surface area contributed by atoms with Crippen LogP contribution in [-0.2, 0) is 11.2 Å². The number of rotatable bonds is 5. The van der Waals surface area contributed by atoms with Crippen molar-refractivity contribution in [2.75, 3.05) is 26.2 Å². The van der Waals surface area contributed by atoms with E-state index in [-0.39, 0.29) is 24.8 Å². The van der Waals surface area contributed by atoms with Crippen LogP contribution in [0.15, 0.2) is 12.4 Å². The molecule has 1 aromatic rings. The maximum absolute atomic E-state index is 12.6. The van der Waals surface area contributed by atoms with Crippen molar-refractivity contribution >= 4 is 30.7 Å². The molecule has 0 aliphatic carbocycles. The first-order chi connectivity index (χ1) is 11.3. The summed E-state index contributed by atoms with van der Waals surface area (Å²) in [5.41, 5.74) is 0. The maximum Gasteiger partial charge on any atom is 0.222 e. The molecule has 2 aliphatic heterocycles. The fourth-order valence-corrected chi connectivity index (χ4v) is 4.01. The molecule has 2 aliphatic rings. The molecule has 2 fully saturated rings. The molecule has 1 unspecified atom stereocenters. The van der Waals surface area contributed by atoms with Crippen LogP contribution in [0, 0.1) is 5.92 Å². The number of hydrogen-bond acceptors (Lipinski definition) is 3. The van der Waals surface area contributed by atoms with Gasteiger partial charge in [-0.05, 0) is 51.1 Å². The molecule has 0 radical (unpaired) electrons. The quantitative estimate of drug-likeness (QED) is 0.839. The lowest BCUT2D eigenvalue weighted by molar-refractivity contribution is -0.133. The van der Waals surface area contributed by atoms with Crippen molar-refractivity contribution in [2.24, 2.45) is 5.92 Å². The monoisotopic (exact) mass is 390 g/mol. The van der Waals surface area contributed by atoms with Gasteiger partial charge < -0.3 is 14.8 Å². The van der Waals surface area contributed by atoms with E-state index < -0.39 is 0 Å². The second-order valence-electron chi connectivity index (χ2n) is 6.97. The topological polar surface area (TPSA) is 50.2 Å². The normalized spacial score (nSPS) is 21.3. The fourth-order valence-electron chi connectivity index (χ4n) is 4.01. The number of nitrogens with zero attached hydrogens (tertiary/aromatic N) is 3. The molecule has 1 aromatic heterocycles. The number of imidazole rings is 1. The van der Waals surface area contributed by atoms with Gasteiger partial charge in [-0.1, -0.05) is 6.92 Å². The smallest absolute Gasteiger partial charge is 0.222 e. The third-order valence-corrected chi connectivity index (χ3v) is 5.43. The molecule has 1 atom stereocenters. The minimum absolute atomic E-state index is 0. The Morgan fingerprint density at radius 1 is 1.28 bits per heavy atom. The van der Waals surface area contributed by atoms with Crippen LogP contribution in [0.3, 0.4) is 0 Å². The highest BCUT2D eigenvalue weighted by molar-refractivity contribution is 5.85. The Hall–Kier alpha value is -0.780. The van der Waals surface area contributed by atoms with E-state index in [0.717, 1.165) is 70.0 Å². The number of piperidine rings is 2. The van der Waals surface area contributed by atoms with Crippen molar-refractivity contribution in [2.45, 2.75) is 57.9 Å². The van der Waals surface area contributed by atoms with E-state index in [9.17, 15) is 4.79 Å². The number of carbonyl (C=O) groups excluding carboxylic acids is 1. The van der Waals surface area contributed by atoms with E-state index in [1.807, 2.05) is 6.20 Å². The minimum Gasteiger partial charge on any atom is -0.341 e. The van der Waals surface area contributed by atoms with Gasteiger partial charge in [0, 0.05) is 38.3 Å². The highest BCUT2D eigenvalue weighted by atomic mass is 35.5. The largest absolute Gasteiger partial charge is 0.341 e. The van der Waals surface area contributed by atoms with Gasteiger partial charge in [0.25, 0.3) is 0 Å². The van der Waals surface area contributed by atoms with E-state index in [1.165, 1.54) is 12.8 Å². The molecule has 3 heterocycles. The standard InChI is InChI=1S/C18H30N4O.2ClH/c1-2-17-20-11-13-22(17)16-4-3-12-21(14-16)18(23)6-5-15-7-9-19-10-8-15;;/h11,13,15-16,19H,2-10,12,14H2,1H3;2*1H. The van der Waals surface area contributed by atoms with E-state index in [2.05, 4.69) is 32.9 Å². The van der Waals surface area contributed by atoms with Crippen molar-refractivity contribution in [3.05, 3.63) is 18.2 Å². The maximum atomic E-state index is 12.6. The summed E-state index contributed by atoms with van der Waals surface area (Å²) in [6.07, 6.45) is 11.4. The second kappa shape index (κ2) is 11.0. The average Bonchev–Trinajstić information content (AvgIpc) is 3.09. The zero-order valence-corrected chi connectivity index (χ0v) is 16.8. The molecule has 0 saturated carbocycles. The third kappa shape index (κ3) is 5.87. The molecule has 2 saturated heterocycles. The molecule has 3 rings (SSSR count). The number of likely N-dealkylation sites (tertiary alicyclic amines) is 1. The molecule has 25 heavy (non-hydrogen) atoms. The van der Waals surface area contributed by atoms with Crippen LogP contribution < -0.4 is 5.32 Å². The van der Waals surface area contributed by atoms with Crippen molar-refractivity contribution in [1.82, 2.24) is 19.8 Å². The molecule has 5 nitrogen and oxygen atoms in total. The van der Waals surface area contributed by atoms with Crippen molar-refractivity contribution in [3.8, 4) is 0 Å². The van der Waals surface area contributed by atoms with Crippen molar-refractivity contribution in [3.63, 3.8) is 0 Å². The van der Waals surface area contributed by atoms with Gasteiger partial charge in [-0.2, -0.15) is 0 Å². The first-order valence-corrected chi connectivity index (χ1v) is 9.28. The molecule has 144 valence electrons. The number of amides is 1. The molecular formula is C18H32Cl2N4O. The molecule has 0 spiro atoms. The van der Waals surface area contributed by atoms with Gasteiger partial charge in [-0.3, -0.25) is 4.79 Å². The number of carbonyl (C=O) groups is 1. The van der Waals surface area contributed by atoms with Crippen LogP contribution >= 0.6 is 24.8 Å². The molecule has 0 bridgehead atoms. The third-order valence-electron chi connectivity index (χ3n) is 5.43. The van der Waals surface area contributed by atoms with E-state index in [1.54, 1.807) is 0 Å². The summed E-state index contributed by atoms with van der Waals surface area (Å²) >= 11 is 0. The Bertz CT molecular complexity index is 517. The Morgan fingerprint density at radius 2 is 2.04 bits per heavy atom. The lowest BCUT2D eigenvalue weighted by Crippen LogP contribution is -2.41. The number of aryl methyl sites for hydroxylation is 1. The van der Waals surface area contributed by atoms with Gasteiger partial charge in [0.05, 0.1) is 6.04 Å². The van der Waals surface area contributed by atoms with Crippen LogP contribution in [0.25, 0.3) is 0 Å². The lowest BCUT2D eigenvalue weighted by atomic mass is 9.93. The summed E-state index contributed by atoms with van der Waals surface area (Å²) in [7, 11) is 0. The minimum atomic E-state index is 0. The first kappa shape index (κ1) is 22.3. The van der Waals surface area contributed by atoms with Crippen LogP contribution in [0.2, 0.25) is 0 Å². The van der Waals surface area contributed by atoms with Crippen LogP contribution in [0.1, 0.15) is 57.3 Å². The fraction of sp³-hybridized carbons (Fsp3) is 0.778. The zero-order valence-electron chi connectivity index (χ0n) is 15.2. The van der Waals surface area contributed by atoms with E-state index in [0.29, 0.717) is 11.9 Å². The molecular weight excluding hydrogens is 359 g/mol. The predicted octanol–water partition coefficient (Wildman–Crippen LogP) is 3.23. The SMILES string of the molecule is CCc1nccn1C1CCCN(C(=O)CCC2CCNCC2)C1.Cl.Cl. The van der Waals surface area contributed by atoms with Crippen molar-refractivity contribution in [1.29, 1.82) is 0 Å². The Morgan fingerprint density at radius 3 is 2.76 bits per heavy atom. The number of halogens is 2. The van der Waals surface area contributed by atoms with Gasteiger partial charge in [0.2, 0.25) is 5.91 Å². The summed E-state index contributed by atoms with van der Waals surface area (Å²) in [5, 5.41) is 3.39. The first-order valence-electron chi connectivity index (χ1n) is 9.28. The van der Waals surface area contributed by atoms with Crippen molar-refractivity contribution < 1.29 is 4.79 Å². The summed E-state index contributed by atoms with van der Waals surface area (Å²) in [4.78, 5) is 19.1. The second-order valence-corrected chi connectivity index (χ2v) is 6.97. The molecule has 0 aromatic carbocycles. The lowest BCUT2D eigenvalue weighted by Gasteiger charge is -2.34. The van der Waals surface area contributed by atoms with Crippen LogP contribution in [0.4, 0.5) is 0 Å². The summed E-state index contributed by atoms with van der Waals surface area (Å²) in [6, 6.07) is 0.407. The highest BCUT2D eigenvalue weighted by Gasteiger charge is 2.26. The molecule has 7 heteroatoms. The van der Waals surface area contributed by atoms with Gasteiger partial charge in [0.15, 0.2) is 0 Å². The molecule has 1 amide bonds. The number of hydrogen-bond donors (Lipinski definition) is 1. The van der Waals surface area contributed by atoms with Gasteiger partial charge in [-0.25, -0.2) is 4.98 Å². The number of aromatic nitrogens is 2. The Kier molecular flexibility index (Phi) is 9.83. The summed E-state index contributed by atoms with van der Waals surface area (Å²) < 4.78 is 2.28. The Balaban J connectivity index is 0.00000156. The van der Waals surface area contributed by atoms with Crippen LogP contribution in [0.5, 0.6) is 0 Å². The number of nitrogens with one attached hydrogen (secondary N) is 1. The van der Waals surface area contributed by atoms with E-state index >= 15 is 0 Å². The Labute approximate surface area is 163 Å².